The predicted octanol–water partition coefficient (Wildman–Crippen LogP) is 9.60. The molecule has 6 aromatic carbocycles. The van der Waals surface area contributed by atoms with Gasteiger partial charge in [-0.05, 0) is 46.5 Å². The minimum Gasteiger partial charge on any atom is -0.507 e. The molecule has 0 aliphatic carbocycles. The summed E-state index contributed by atoms with van der Waals surface area (Å²) in [6.45, 7) is 4.69. The molecule has 1 radical (unpaired) electrons. The number of carboxylic acid groups (broad SMARTS) is 1. The van der Waals surface area contributed by atoms with Crippen LogP contribution in [0.2, 0.25) is 0 Å². The maximum Gasteiger partial charge on any atom is 0.300 e. The third kappa shape index (κ3) is 8.73. The van der Waals surface area contributed by atoms with Gasteiger partial charge in [0.1, 0.15) is 11.5 Å². The molecular weight excluding hydrogens is 719 g/mol. The van der Waals surface area contributed by atoms with Gasteiger partial charge >= 0.3 is 0 Å². The topological polar surface area (TPSA) is 189 Å². The van der Waals surface area contributed by atoms with Crippen molar-refractivity contribution in [1.29, 1.82) is 0 Å². The van der Waals surface area contributed by atoms with Crippen molar-refractivity contribution in [2.75, 3.05) is 0 Å². The Morgan fingerprint density at radius 1 is 0.660 bits per heavy atom. The molecule has 0 aliphatic heterocycles. The molecule has 0 aliphatic rings. The van der Waals surface area contributed by atoms with Gasteiger partial charge in [-0.25, -0.2) is 0 Å². The van der Waals surface area contributed by atoms with Crippen LogP contribution in [0.1, 0.15) is 43.0 Å². The molecule has 6 aromatic rings. The fraction of sp³-hybridized carbons (Fsp3) is 0.125. The Hall–Kier alpha value is -6.43. The molecule has 0 saturated carbocycles. The molecule has 0 fully saturated rings. The minimum atomic E-state index is -0.833. The number of aliphatic carboxylic acids is 1. The molecule has 13 heteroatoms. The van der Waals surface area contributed by atoms with Gasteiger partial charge in [0, 0.05) is 94.1 Å². The number of non-ortho nitro benzene ring substituents is 2. The second-order valence-corrected chi connectivity index (χ2v) is 11.7. The Labute approximate surface area is 314 Å². The summed E-state index contributed by atoms with van der Waals surface area (Å²) in [7, 11) is 0. The largest absolute Gasteiger partial charge is 0.507 e. The molecule has 0 atom stereocenters. The van der Waals surface area contributed by atoms with Gasteiger partial charge in [-0.2, -0.15) is 0 Å². The number of aliphatic imine (C=N–C) groups is 2. The van der Waals surface area contributed by atoms with E-state index in [2.05, 4.69) is 0 Å². The van der Waals surface area contributed by atoms with Gasteiger partial charge < -0.3 is 15.3 Å². The number of hydrogen-bond donors (Lipinski definition) is 3. The van der Waals surface area contributed by atoms with Gasteiger partial charge in [0.25, 0.3) is 17.3 Å². The molecule has 0 amide bonds. The summed E-state index contributed by atoms with van der Waals surface area (Å²) in [5.41, 5.74) is 3.51. The quantitative estimate of drug-likeness (QED) is 0.0563. The molecule has 3 N–H and O–H groups in total. The van der Waals surface area contributed by atoms with E-state index in [-0.39, 0.29) is 51.1 Å². The van der Waals surface area contributed by atoms with E-state index in [0.29, 0.717) is 35.3 Å². The maximum atomic E-state index is 11.6. The van der Waals surface area contributed by atoms with Crippen molar-refractivity contribution < 1.29 is 47.0 Å². The number of nitro groups is 2. The van der Waals surface area contributed by atoms with Crippen LogP contribution in [0.4, 0.5) is 22.7 Å². The summed E-state index contributed by atoms with van der Waals surface area (Å²) in [5, 5.41) is 56.1. The number of carbonyl (C=O) groups is 1. The number of phenolic OH excluding ortho intramolecular Hbond substituents is 2. The van der Waals surface area contributed by atoms with Gasteiger partial charge in [0.2, 0.25) is 0 Å². The van der Waals surface area contributed by atoms with Crippen LogP contribution in [-0.4, -0.2) is 43.6 Å². The van der Waals surface area contributed by atoms with Crippen molar-refractivity contribution in [1.82, 2.24) is 0 Å². The fourth-order valence-corrected chi connectivity index (χ4v) is 5.89. The number of phenols is 2. The normalized spacial score (nSPS) is 11.0. The van der Waals surface area contributed by atoms with Crippen LogP contribution in [0.5, 0.6) is 11.5 Å². The Morgan fingerprint density at radius 3 is 1.36 bits per heavy atom. The predicted molar refractivity (Wildman–Crippen MR) is 203 cm³/mol. The van der Waals surface area contributed by atoms with Gasteiger partial charge in [-0.15, -0.1) is 0 Å². The number of nitro benzene ring substituents is 2. The third-order valence-electron chi connectivity index (χ3n) is 8.34. The van der Waals surface area contributed by atoms with Crippen LogP contribution in [0.3, 0.4) is 0 Å². The number of aryl methyl sites for hydroxylation is 2. The van der Waals surface area contributed by atoms with Crippen LogP contribution in [0.25, 0.3) is 32.7 Å². The van der Waals surface area contributed by atoms with Crippen LogP contribution >= 0.6 is 0 Å². The molecule has 12 nitrogen and oxygen atoms in total. The van der Waals surface area contributed by atoms with Crippen molar-refractivity contribution in [3.8, 4) is 22.6 Å². The molecule has 6 rings (SSSR count). The molecule has 0 aromatic heterocycles. The zero-order chi connectivity index (χ0) is 37.5. The van der Waals surface area contributed by atoms with Gasteiger partial charge in [-0.1, -0.05) is 74.5 Å². The van der Waals surface area contributed by atoms with Crippen LogP contribution < -0.4 is 0 Å². The zero-order valence-corrected chi connectivity index (χ0v) is 30.0. The number of fused-ring (bicyclic) bond motifs is 2. The molecular formula is C40H34MnN4O8. The maximum absolute atomic E-state index is 11.6. The van der Waals surface area contributed by atoms with Gasteiger partial charge in [-0.3, -0.25) is 35.0 Å². The van der Waals surface area contributed by atoms with E-state index in [1.807, 2.05) is 72.8 Å². The van der Waals surface area contributed by atoms with Crippen LogP contribution in [0.15, 0.2) is 107 Å². The standard InChI is InChI=1S/C38H30N4O6.C2H4O2.Mn/c1-3-23-17-29(41(45)46)19-27(37(23)43)21-39-33-15-13-25-9-5-7-11-31(25)35(33)36-32-12-8-6-10-26(32)14-16-34(36)40-22-28-20-30(42(47)48)18-24(4-2)38(28)44;1-2(3)4;/h5-22,43-44H,3-4H2,1-2H3;1H3,(H,3,4);. The van der Waals surface area contributed by atoms with E-state index in [9.17, 15) is 30.4 Å². The first kappa shape index (κ1) is 39.4. The summed E-state index contributed by atoms with van der Waals surface area (Å²) in [5.74, 6) is -0.985. The monoisotopic (exact) mass is 753 g/mol. The molecule has 0 unspecified atom stereocenters. The Bertz CT molecular complexity index is 2260. The second-order valence-electron chi connectivity index (χ2n) is 11.7. The number of rotatable bonds is 9. The van der Waals surface area contributed by atoms with Crippen molar-refractivity contribution in [2.24, 2.45) is 9.98 Å². The molecule has 269 valence electrons. The van der Waals surface area contributed by atoms with E-state index in [4.69, 9.17) is 19.9 Å². The average molecular weight is 754 g/mol. The van der Waals surface area contributed by atoms with Crippen molar-refractivity contribution in [3.63, 3.8) is 0 Å². The van der Waals surface area contributed by atoms with E-state index in [0.717, 1.165) is 39.6 Å². The summed E-state index contributed by atoms with van der Waals surface area (Å²) in [6.07, 6.45) is 3.65. The Morgan fingerprint density at radius 2 is 1.02 bits per heavy atom. The van der Waals surface area contributed by atoms with E-state index >= 15 is 0 Å². The van der Waals surface area contributed by atoms with Crippen LogP contribution in [0, 0.1) is 20.2 Å². The van der Waals surface area contributed by atoms with Gasteiger partial charge in [0.15, 0.2) is 0 Å². The summed E-state index contributed by atoms with van der Waals surface area (Å²) in [4.78, 5) is 40.9. The van der Waals surface area contributed by atoms with E-state index in [1.165, 1.54) is 36.7 Å². The molecule has 0 heterocycles. The van der Waals surface area contributed by atoms with Gasteiger partial charge in [0.05, 0.1) is 21.2 Å². The SMILES string of the molecule is CC(=O)O.CCc1cc([N+](=O)[O-])cc(C=Nc2ccc3ccccc3c2-c2c(N=Cc3cc([N+](=O)[O-])cc(CC)c3O)ccc3ccccc23)c1O.[Mn]. The summed E-state index contributed by atoms with van der Waals surface area (Å²) < 4.78 is 0. The van der Waals surface area contributed by atoms with Crippen molar-refractivity contribution >= 4 is 62.7 Å². The Balaban J connectivity index is 0.00000119. The van der Waals surface area contributed by atoms with Crippen molar-refractivity contribution in [3.05, 3.63) is 140 Å². The fourth-order valence-electron chi connectivity index (χ4n) is 5.89. The third-order valence-corrected chi connectivity index (χ3v) is 8.34. The molecule has 0 saturated heterocycles. The number of carboxylic acids is 1. The zero-order valence-electron chi connectivity index (χ0n) is 28.9. The summed E-state index contributed by atoms with van der Waals surface area (Å²) in [6, 6.07) is 28.5. The van der Waals surface area contributed by atoms with E-state index < -0.39 is 15.8 Å². The number of hydrogen-bond acceptors (Lipinski definition) is 9. The number of aromatic hydroxyl groups is 2. The number of benzene rings is 6. The molecule has 0 spiro atoms. The molecule has 0 bridgehead atoms. The second kappa shape index (κ2) is 17.2. The first-order valence-corrected chi connectivity index (χ1v) is 16.3. The van der Waals surface area contributed by atoms with Crippen molar-refractivity contribution in [2.45, 2.75) is 33.6 Å². The first-order chi connectivity index (χ1) is 24.9. The van der Waals surface area contributed by atoms with E-state index in [1.54, 1.807) is 13.8 Å². The average Bonchev–Trinajstić information content (AvgIpc) is 3.13. The van der Waals surface area contributed by atoms with Crippen LogP contribution in [-0.2, 0) is 34.7 Å². The smallest absolute Gasteiger partial charge is 0.300 e. The molecule has 53 heavy (non-hydrogen) atoms. The summed E-state index contributed by atoms with van der Waals surface area (Å²) >= 11 is 0. The Kier molecular flexibility index (Phi) is 12.8. The minimum absolute atomic E-state index is 0. The first-order valence-electron chi connectivity index (χ1n) is 16.3. The number of nitrogens with zero attached hydrogens (tertiary/aromatic N) is 4.